The molecular weight excluding hydrogens is 235 g/mol. The molecule has 1 aromatic heterocycles. The average molecular weight is 247 g/mol. The van der Waals surface area contributed by atoms with E-state index in [4.69, 9.17) is 0 Å². The van der Waals surface area contributed by atoms with Crippen LogP contribution in [0.2, 0.25) is 0 Å². The normalized spacial score (nSPS) is 18.1. The Morgan fingerprint density at radius 3 is 2.65 bits per heavy atom. The van der Waals surface area contributed by atoms with Gasteiger partial charge in [0.25, 0.3) is 0 Å². The maximum absolute atomic E-state index is 12.6. The maximum Gasteiger partial charge on any atom is 0.410 e. The van der Waals surface area contributed by atoms with E-state index in [9.17, 15) is 18.0 Å². The largest absolute Gasteiger partial charge is 0.410 e. The second kappa shape index (κ2) is 4.12. The van der Waals surface area contributed by atoms with Gasteiger partial charge in [-0.1, -0.05) is 5.21 Å². The van der Waals surface area contributed by atoms with Crippen LogP contribution in [0.25, 0.3) is 0 Å². The van der Waals surface area contributed by atoms with E-state index in [1.165, 1.54) is 0 Å². The summed E-state index contributed by atoms with van der Waals surface area (Å²) < 4.78 is 38.6. The number of nitrogens with zero attached hydrogens (tertiary/aromatic N) is 3. The van der Waals surface area contributed by atoms with Crippen molar-refractivity contribution in [3.63, 3.8) is 0 Å². The van der Waals surface area contributed by atoms with Gasteiger partial charge in [-0.25, -0.2) is 4.68 Å². The zero-order valence-corrected chi connectivity index (χ0v) is 9.24. The van der Waals surface area contributed by atoms with E-state index in [1.54, 1.807) is 0 Å². The third-order valence-corrected chi connectivity index (χ3v) is 2.95. The van der Waals surface area contributed by atoms with Gasteiger partial charge in [0, 0.05) is 0 Å². The number of aromatic nitrogens is 3. The topological polar surface area (TPSA) is 47.8 Å². The molecule has 1 unspecified atom stereocenters. The van der Waals surface area contributed by atoms with Crippen LogP contribution in [0.5, 0.6) is 0 Å². The molecule has 0 spiro atoms. The van der Waals surface area contributed by atoms with E-state index >= 15 is 0 Å². The zero-order valence-electron chi connectivity index (χ0n) is 9.24. The molecule has 94 valence electrons. The van der Waals surface area contributed by atoms with Crippen molar-refractivity contribution in [1.29, 1.82) is 0 Å². The SMILES string of the molecule is CC(n1nnc(C=O)c1CC1CC1)C(F)(F)F. The number of alkyl halides is 3. The van der Waals surface area contributed by atoms with Gasteiger partial charge in [-0.3, -0.25) is 4.79 Å². The Morgan fingerprint density at radius 1 is 1.53 bits per heavy atom. The first-order valence-corrected chi connectivity index (χ1v) is 5.39. The third-order valence-electron chi connectivity index (χ3n) is 2.95. The second-order valence-electron chi connectivity index (χ2n) is 4.35. The lowest BCUT2D eigenvalue weighted by molar-refractivity contribution is -0.166. The molecule has 1 aromatic rings. The van der Waals surface area contributed by atoms with Gasteiger partial charge in [0.2, 0.25) is 0 Å². The first-order valence-electron chi connectivity index (χ1n) is 5.39. The summed E-state index contributed by atoms with van der Waals surface area (Å²) in [5, 5.41) is 6.94. The lowest BCUT2D eigenvalue weighted by Crippen LogP contribution is -2.26. The third kappa shape index (κ3) is 2.48. The Morgan fingerprint density at radius 2 is 2.18 bits per heavy atom. The van der Waals surface area contributed by atoms with Crippen molar-refractivity contribution in [2.75, 3.05) is 0 Å². The molecule has 0 bridgehead atoms. The quantitative estimate of drug-likeness (QED) is 0.766. The number of hydrogen-bond donors (Lipinski definition) is 0. The lowest BCUT2D eigenvalue weighted by atomic mass is 10.1. The minimum absolute atomic E-state index is 0.0213. The van der Waals surface area contributed by atoms with E-state index in [0.29, 0.717) is 24.3 Å². The molecule has 0 radical (unpaired) electrons. The van der Waals surface area contributed by atoms with Gasteiger partial charge in [0.05, 0.1) is 5.69 Å². The monoisotopic (exact) mass is 247 g/mol. The van der Waals surface area contributed by atoms with Gasteiger partial charge in [-0.2, -0.15) is 13.2 Å². The molecule has 0 aromatic carbocycles. The molecule has 0 saturated heterocycles. The Labute approximate surface area is 95.8 Å². The summed E-state index contributed by atoms with van der Waals surface area (Å²) in [6, 6.07) is -1.75. The minimum atomic E-state index is -4.38. The molecule has 7 heteroatoms. The van der Waals surface area contributed by atoms with Crippen molar-refractivity contribution in [3.8, 4) is 0 Å². The Hall–Kier alpha value is -1.40. The molecule has 1 saturated carbocycles. The van der Waals surface area contributed by atoms with E-state index < -0.39 is 12.2 Å². The van der Waals surface area contributed by atoms with Crippen molar-refractivity contribution < 1.29 is 18.0 Å². The summed E-state index contributed by atoms with van der Waals surface area (Å²) >= 11 is 0. The van der Waals surface area contributed by atoms with Crippen LogP contribution in [0.1, 0.15) is 42.0 Å². The number of rotatable bonds is 4. The van der Waals surface area contributed by atoms with Gasteiger partial charge in [-0.05, 0) is 32.1 Å². The van der Waals surface area contributed by atoms with Crippen LogP contribution in [0.3, 0.4) is 0 Å². The molecule has 0 amide bonds. The van der Waals surface area contributed by atoms with Gasteiger partial charge in [0.15, 0.2) is 6.29 Å². The van der Waals surface area contributed by atoms with E-state index in [-0.39, 0.29) is 5.69 Å². The number of carbonyl (C=O) groups is 1. The van der Waals surface area contributed by atoms with Crippen LogP contribution < -0.4 is 0 Å². The fourth-order valence-corrected chi connectivity index (χ4v) is 1.66. The number of carbonyl (C=O) groups excluding carboxylic acids is 1. The summed E-state index contributed by atoms with van der Waals surface area (Å²) in [5.41, 5.74) is 0.320. The molecule has 1 fully saturated rings. The Balaban J connectivity index is 2.31. The van der Waals surface area contributed by atoms with Crippen molar-refractivity contribution >= 4 is 6.29 Å². The molecule has 17 heavy (non-hydrogen) atoms. The van der Waals surface area contributed by atoms with Crippen LogP contribution in [0.15, 0.2) is 0 Å². The summed E-state index contributed by atoms with van der Waals surface area (Å²) in [5.74, 6) is 0.367. The summed E-state index contributed by atoms with van der Waals surface area (Å²) in [6.07, 6.45) is -1.49. The highest BCUT2D eigenvalue weighted by Gasteiger charge is 2.40. The fourth-order valence-electron chi connectivity index (χ4n) is 1.66. The Kier molecular flexibility index (Phi) is 2.92. The van der Waals surface area contributed by atoms with Crippen LogP contribution >= 0.6 is 0 Å². The summed E-state index contributed by atoms with van der Waals surface area (Å²) in [4.78, 5) is 10.7. The molecule has 1 heterocycles. The van der Waals surface area contributed by atoms with E-state index in [2.05, 4.69) is 10.3 Å². The highest BCUT2D eigenvalue weighted by atomic mass is 19.4. The van der Waals surface area contributed by atoms with Crippen molar-refractivity contribution in [2.24, 2.45) is 5.92 Å². The highest BCUT2D eigenvalue weighted by Crippen LogP contribution is 2.35. The van der Waals surface area contributed by atoms with Crippen molar-refractivity contribution in [1.82, 2.24) is 15.0 Å². The van der Waals surface area contributed by atoms with Gasteiger partial charge < -0.3 is 0 Å². The van der Waals surface area contributed by atoms with Gasteiger partial charge in [-0.15, -0.1) is 5.10 Å². The van der Waals surface area contributed by atoms with Crippen LogP contribution in [-0.2, 0) is 6.42 Å². The number of aldehydes is 1. The minimum Gasteiger partial charge on any atom is -0.296 e. The molecule has 0 aliphatic heterocycles. The molecular formula is C10H12F3N3O. The standard InChI is InChI=1S/C10H12F3N3O/c1-6(10(11,12)13)16-9(4-7-2-3-7)8(5-17)14-15-16/h5-7H,2-4H2,1H3. The van der Waals surface area contributed by atoms with Crippen molar-refractivity contribution in [3.05, 3.63) is 11.4 Å². The second-order valence-corrected chi connectivity index (χ2v) is 4.35. The molecule has 2 rings (SSSR count). The molecule has 0 N–H and O–H groups in total. The van der Waals surface area contributed by atoms with Crippen LogP contribution in [0, 0.1) is 5.92 Å². The van der Waals surface area contributed by atoms with E-state index in [1.807, 2.05) is 0 Å². The zero-order chi connectivity index (χ0) is 12.6. The predicted molar refractivity (Wildman–Crippen MR) is 52.6 cm³/mol. The molecule has 1 aliphatic rings. The molecule has 4 nitrogen and oxygen atoms in total. The van der Waals surface area contributed by atoms with Crippen LogP contribution in [0.4, 0.5) is 13.2 Å². The van der Waals surface area contributed by atoms with E-state index in [0.717, 1.165) is 24.4 Å². The lowest BCUT2D eigenvalue weighted by Gasteiger charge is -2.17. The van der Waals surface area contributed by atoms with Crippen molar-refractivity contribution in [2.45, 2.75) is 38.4 Å². The fraction of sp³-hybridized carbons (Fsp3) is 0.700. The van der Waals surface area contributed by atoms with Gasteiger partial charge >= 0.3 is 6.18 Å². The summed E-state index contributed by atoms with van der Waals surface area (Å²) in [7, 11) is 0. The smallest absolute Gasteiger partial charge is 0.296 e. The molecule has 1 atom stereocenters. The maximum atomic E-state index is 12.6. The average Bonchev–Trinajstić information content (AvgIpc) is 2.95. The first kappa shape index (κ1) is 12.1. The predicted octanol–water partition coefficient (Wildman–Crippen LogP) is 2.17. The Bertz CT molecular complexity index is 423. The first-order chi connectivity index (χ1) is 7.93. The molecule has 1 aliphatic carbocycles. The number of halogens is 3. The van der Waals surface area contributed by atoms with Gasteiger partial charge in [0.1, 0.15) is 11.7 Å². The summed E-state index contributed by atoms with van der Waals surface area (Å²) in [6.45, 7) is 1.01. The van der Waals surface area contributed by atoms with Crippen LogP contribution in [-0.4, -0.2) is 27.5 Å². The number of hydrogen-bond acceptors (Lipinski definition) is 3. The highest BCUT2D eigenvalue weighted by molar-refractivity contribution is 5.73.